The monoisotopic (exact) mass is 496 g/mol. The third kappa shape index (κ3) is 7.56. The lowest BCUT2D eigenvalue weighted by molar-refractivity contribution is -0.173. The molecule has 1 aliphatic rings. The van der Waals surface area contributed by atoms with Crippen molar-refractivity contribution in [2.45, 2.75) is 122 Å². The van der Waals surface area contributed by atoms with Crippen molar-refractivity contribution in [3.63, 3.8) is 0 Å². The minimum atomic E-state index is -2.29. The molecule has 5 atom stereocenters. The molecule has 0 amide bonds. The van der Waals surface area contributed by atoms with Crippen LogP contribution in [0.5, 0.6) is 0 Å². The zero-order valence-corrected chi connectivity index (χ0v) is 25.5. The topological polar surface area (TPSA) is 58.9 Å². The quantitative estimate of drug-likeness (QED) is 0.399. The zero-order valence-electron chi connectivity index (χ0n) is 22.5. The predicted octanol–water partition coefficient (Wildman–Crippen LogP) is 5.05. The van der Waals surface area contributed by atoms with E-state index < -0.39 is 54.8 Å². The van der Waals surface area contributed by atoms with Crippen LogP contribution < -0.4 is 0 Å². The van der Waals surface area contributed by atoms with Gasteiger partial charge < -0.3 is 19.4 Å². The molecule has 184 valence electrons. The summed E-state index contributed by atoms with van der Waals surface area (Å²) in [5.41, 5.74) is 7.91. The van der Waals surface area contributed by atoms with Crippen LogP contribution in [0.2, 0.25) is 55.9 Å². The summed E-state index contributed by atoms with van der Waals surface area (Å²) >= 11 is 0. The van der Waals surface area contributed by atoms with Crippen LogP contribution in [-0.2, 0) is 9.16 Å². The number of ether oxygens (including phenoxy) is 1. The van der Waals surface area contributed by atoms with E-state index in [4.69, 9.17) is 9.16 Å². The van der Waals surface area contributed by atoms with E-state index in [9.17, 15) is 10.2 Å². The van der Waals surface area contributed by atoms with E-state index in [0.29, 0.717) is 16.6 Å². The van der Waals surface area contributed by atoms with Gasteiger partial charge in [-0.1, -0.05) is 86.7 Å². The smallest absolute Gasteiger partial charge is 0.201 e. The molecule has 1 aliphatic heterocycles. The Bertz CT molecular complexity index is 707. The zero-order chi connectivity index (χ0) is 25.1. The van der Waals surface area contributed by atoms with Crippen molar-refractivity contribution in [1.82, 2.24) is 0 Å². The van der Waals surface area contributed by atoms with E-state index in [1.165, 1.54) is 0 Å². The van der Waals surface area contributed by atoms with Gasteiger partial charge in [-0.3, -0.25) is 0 Å². The second-order valence-corrected chi connectivity index (χ2v) is 27.1. The number of aliphatic hydroxyl groups is 2. The fraction of sp³-hybridized carbons (Fsp3) is 0.840. The number of aliphatic hydroxyl groups excluding tert-OH is 2. The fourth-order valence-electron chi connectivity index (χ4n) is 4.77. The summed E-state index contributed by atoms with van der Waals surface area (Å²) < 4.78 is 13.4. The van der Waals surface area contributed by atoms with Crippen molar-refractivity contribution in [3.8, 4) is 22.9 Å². The van der Waals surface area contributed by atoms with Crippen LogP contribution in [0.4, 0.5) is 0 Å². The molecule has 7 heteroatoms. The Morgan fingerprint density at radius 1 is 0.812 bits per heavy atom. The van der Waals surface area contributed by atoms with E-state index in [0.717, 1.165) is 0 Å². The second-order valence-electron chi connectivity index (χ2n) is 12.2. The lowest BCUT2D eigenvalue weighted by Crippen LogP contribution is -2.61. The maximum atomic E-state index is 11.6. The first-order chi connectivity index (χ1) is 14.5. The van der Waals surface area contributed by atoms with Gasteiger partial charge in [-0.25, -0.2) is 0 Å². The summed E-state index contributed by atoms with van der Waals surface area (Å²) in [6.45, 7) is 26.3. The third-order valence-electron chi connectivity index (χ3n) is 6.16. The Morgan fingerprint density at radius 2 is 1.25 bits per heavy atom. The maximum absolute atomic E-state index is 11.6. The highest BCUT2D eigenvalue weighted by Crippen LogP contribution is 2.45. The second kappa shape index (κ2) is 11.4. The van der Waals surface area contributed by atoms with Crippen LogP contribution in [0, 0.1) is 28.8 Å². The molecular formula is C25H48O4Si3. The molecule has 0 unspecified atom stereocenters. The molecule has 0 saturated carbocycles. The van der Waals surface area contributed by atoms with Crippen molar-refractivity contribution < 1.29 is 19.4 Å². The Hall–Kier alpha value is -0.389. The van der Waals surface area contributed by atoms with Gasteiger partial charge in [0.25, 0.3) is 0 Å². The Morgan fingerprint density at radius 3 is 1.62 bits per heavy atom. The predicted molar refractivity (Wildman–Crippen MR) is 143 cm³/mol. The summed E-state index contributed by atoms with van der Waals surface area (Å²) in [6.07, 6.45) is -2.56. The standard InChI is InChI=1S/C25H48O4Si3/c1-18(2)32(19(3)4,20(5)6)29-25-22(14-16-31(10,11)12)28-23(17-26)21(24(25)27)13-15-30(7,8)9/h18-27H,17H2,1-12H3/t21-,22+,23-,24+,25+/m1/s1. The summed E-state index contributed by atoms with van der Waals surface area (Å²) in [4.78, 5) is 0. The van der Waals surface area contributed by atoms with Crippen LogP contribution in [0.1, 0.15) is 41.5 Å². The number of hydrogen-bond acceptors (Lipinski definition) is 4. The summed E-state index contributed by atoms with van der Waals surface area (Å²) in [7, 11) is -5.61. The first-order valence-corrected chi connectivity index (χ1v) is 21.3. The average molecular weight is 497 g/mol. The molecule has 0 aromatic rings. The van der Waals surface area contributed by atoms with Gasteiger partial charge in [0, 0.05) is 0 Å². The molecule has 0 bridgehead atoms. The minimum absolute atomic E-state index is 0.193. The molecule has 1 heterocycles. The largest absolute Gasteiger partial charge is 0.407 e. The Balaban J connectivity index is 3.57. The van der Waals surface area contributed by atoms with Gasteiger partial charge >= 0.3 is 0 Å². The molecule has 1 rings (SSSR count). The van der Waals surface area contributed by atoms with Gasteiger partial charge in [0.2, 0.25) is 8.32 Å². The van der Waals surface area contributed by atoms with Crippen molar-refractivity contribution in [2.75, 3.05) is 6.61 Å². The SMILES string of the molecule is CC(C)[Si](O[C@@H]1[C@@H](O)[C@H](C#C[Si](C)(C)C)[C@@H](CO)O[C@H]1C#C[Si](C)(C)C)(C(C)C)C(C)C. The highest BCUT2D eigenvalue weighted by molar-refractivity contribution is 6.84. The van der Waals surface area contributed by atoms with Crippen LogP contribution in [-0.4, -0.2) is 65.7 Å². The van der Waals surface area contributed by atoms with Crippen LogP contribution in [0.25, 0.3) is 0 Å². The van der Waals surface area contributed by atoms with Gasteiger partial charge in [0.15, 0.2) is 0 Å². The molecule has 0 aliphatic carbocycles. The molecule has 0 aromatic heterocycles. The van der Waals surface area contributed by atoms with E-state index in [-0.39, 0.29) is 6.61 Å². The van der Waals surface area contributed by atoms with Gasteiger partial charge in [-0.2, -0.15) is 0 Å². The number of rotatable bonds is 6. The van der Waals surface area contributed by atoms with Crippen LogP contribution in [0.15, 0.2) is 0 Å². The molecule has 0 spiro atoms. The van der Waals surface area contributed by atoms with Crippen LogP contribution in [0.3, 0.4) is 0 Å². The van der Waals surface area contributed by atoms with Crippen LogP contribution >= 0.6 is 0 Å². The van der Waals surface area contributed by atoms with E-state index in [2.05, 4.69) is 104 Å². The molecular weight excluding hydrogens is 449 g/mol. The van der Waals surface area contributed by atoms with E-state index >= 15 is 0 Å². The fourth-order valence-corrected chi connectivity index (χ4v) is 11.5. The first-order valence-electron chi connectivity index (χ1n) is 12.1. The van der Waals surface area contributed by atoms with Crippen molar-refractivity contribution >= 4 is 24.5 Å². The minimum Gasteiger partial charge on any atom is -0.407 e. The summed E-state index contributed by atoms with van der Waals surface area (Å²) in [5.74, 6) is 6.11. The molecule has 4 nitrogen and oxygen atoms in total. The average Bonchev–Trinajstić information content (AvgIpc) is 2.61. The van der Waals surface area contributed by atoms with E-state index in [1.807, 2.05) is 0 Å². The van der Waals surface area contributed by atoms with Gasteiger partial charge in [-0.05, 0) is 16.6 Å². The maximum Gasteiger partial charge on any atom is 0.201 e. The lowest BCUT2D eigenvalue weighted by Gasteiger charge is -2.49. The molecule has 2 N–H and O–H groups in total. The summed E-state index contributed by atoms with van der Waals surface area (Å²) in [5, 5.41) is 21.7. The molecule has 32 heavy (non-hydrogen) atoms. The van der Waals surface area contributed by atoms with Gasteiger partial charge in [-0.15, -0.1) is 17.0 Å². The van der Waals surface area contributed by atoms with Crippen molar-refractivity contribution in [2.24, 2.45) is 5.92 Å². The Labute approximate surface area is 201 Å². The van der Waals surface area contributed by atoms with Crippen molar-refractivity contribution in [1.29, 1.82) is 0 Å². The summed E-state index contributed by atoms with van der Waals surface area (Å²) in [6, 6.07) is 0. The lowest BCUT2D eigenvalue weighted by atomic mass is 9.87. The molecule has 1 fully saturated rings. The molecule has 1 saturated heterocycles. The normalized spacial score (nSPS) is 27.2. The van der Waals surface area contributed by atoms with Gasteiger partial charge in [0.05, 0.1) is 24.7 Å². The Kier molecular flexibility index (Phi) is 10.5. The molecule has 0 aromatic carbocycles. The van der Waals surface area contributed by atoms with Gasteiger partial charge in [0.1, 0.15) is 28.4 Å². The van der Waals surface area contributed by atoms with E-state index in [1.54, 1.807) is 0 Å². The first kappa shape index (κ1) is 29.6. The third-order valence-corrected chi connectivity index (χ3v) is 14.0. The highest BCUT2D eigenvalue weighted by atomic mass is 28.4. The highest BCUT2D eigenvalue weighted by Gasteiger charge is 2.52. The number of hydrogen-bond donors (Lipinski definition) is 2. The van der Waals surface area contributed by atoms with Crippen molar-refractivity contribution in [3.05, 3.63) is 0 Å². The molecule has 0 radical (unpaired) electrons.